The molecule has 0 spiro atoms. The summed E-state index contributed by atoms with van der Waals surface area (Å²) < 4.78 is 10.2. The number of ether oxygens (including phenoxy) is 2. The summed E-state index contributed by atoms with van der Waals surface area (Å²) in [5.41, 5.74) is -1.11. The molecule has 118 valence electrons. The monoisotopic (exact) mass is 286 g/mol. The SMILES string of the molecule is CCCCCCCC(CC)(C(=O)OCC)C(=O)OCC. The van der Waals surface area contributed by atoms with Gasteiger partial charge in [-0.3, -0.25) is 9.59 Å². The van der Waals surface area contributed by atoms with Crippen molar-refractivity contribution in [3.63, 3.8) is 0 Å². The van der Waals surface area contributed by atoms with Gasteiger partial charge in [0.1, 0.15) is 0 Å². The number of carbonyl (C=O) groups excluding carboxylic acids is 2. The molecular formula is C16H30O4. The molecule has 0 aromatic rings. The Bertz CT molecular complexity index is 268. The molecule has 0 aliphatic carbocycles. The number of hydrogen-bond donors (Lipinski definition) is 0. The van der Waals surface area contributed by atoms with E-state index in [1.54, 1.807) is 13.8 Å². The second kappa shape index (κ2) is 10.7. The zero-order valence-electron chi connectivity index (χ0n) is 13.5. The van der Waals surface area contributed by atoms with Gasteiger partial charge in [-0.2, -0.15) is 0 Å². The summed E-state index contributed by atoms with van der Waals surface area (Å²) in [5, 5.41) is 0. The summed E-state index contributed by atoms with van der Waals surface area (Å²) in [4.78, 5) is 24.4. The van der Waals surface area contributed by atoms with Crippen LogP contribution < -0.4 is 0 Å². The van der Waals surface area contributed by atoms with Gasteiger partial charge in [-0.15, -0.1) is 0 Å². The summed E-state index contributed by atoms with van der Waals surface area (Å²) in [6.07, 6.45) is 6.34. The number of rotatable bonds is 11. The number of esters is 2. The van der Waals surface area contributed by atoms with E-state index in [9.17, 15) is 9.59 Å². The lowest BCUT2D eigenvalue weighted by Gasteiger charge is -2.27. The van der Waals surface area contributed by atoms with Crippen molar-refractivity contribution < 1.29 is 19.1 Å². The molecule has 0 atom stereocenters. The highest BCUT2D eigenvalue weighted by Crippen LogP contribution is 2.33. The first kappa shape index (κ1) is 18.9. The van der Waals surface area contributed by atoms with Crippen molar-refractivity contribution >= 4 is 11.9 Å². The first-order valence-corrected chi connectivity index (χ1v) is 7.93. The van der Waals surface area contributed by atoms with Crippen molar-refractivity contribution in [2.45, 2.75) is 72.6 Å². The fraction of sp³-hybridized carbons (Fsp3) is 0.875. The van der Waals surface area contributed by atoms with Gasteiger partial charge in [-0.05, 0) is 26.7 Å². The maximum Gasteiger partial charge on any atom is 0.323 e. The lowest BCUT2D eigenvalue weighted by Crippen LogP contribution is -2.41. The average molecular weight is 286 g/mol. The van der Waals surface area contributed by atoms with Crippen LogP contribution in [-0.4, -0.2) is 25.2 Å². The third-order valence-corrected chi connectivity index (χ3v) is 3.64. The van der Waals surface area contributed by atoms with Crippen LogP contribution in [0.2, 0.25) is 0 Å². The Morgan fingerprint density at radius 3 is 1.70 bits per heavy atom. The first-order chi connectivity index (χ1) is 9.58. The molecule has 0 saturated heterocycles. The average Bonchev–Trinajstić information content (AvgIpc) is 2.43. The minimum Gasteiger partial charge on any atom is -0.465 e. The third-order valence-electron chi connectivity index (χ3n) is 3.64. The molecule has 0 amide bonds. The summed E-state index contributed by atoms with van der Waals surface area (Å²) in [7, 11) is 0. The van der Waals surface area contributed by atoms with E-state index in [-0.39, 0.29) is 13.2 Å². The summed E-state index contributed by atoms with van der Waals surface area (Å²) >= 11 is 0. The van der Waals surface area contributed by atoms with Crippen LogP contribution in [0.15, 0.2) is 0 Å². The molecule has 0 aromatic carbocycles. The van der Waals surface area contributed by atoms with Gasteiger partial charge in [0, 0.05) is 0 Å². The molecule has 20 heavy (non-hydrogen) atoms. The Morgan fingerprint density at radius 1 is 0.800 bits per heavy atom. The quantitative estimate of drug-likeness (QED) is 0.329. The van der Waals surface area contributed by atoms with Crippen molar-refractivity contribution in [1.82, 2.24) is 0 Å². The van der Waals surface area contributed by atoms with Gasteiger partial charge in [0.15, 0.2) is 5.41 Å². The molecule has 4 heteroatoms. The van der Waals surface area contributed by atoms with Crippen molar-refractivity contribution in [2.75, 3.05) is 13.2 Å². The fourth-order valence-corrected chi connectivity index (χ4v) is 2.32. The lowest BCUT2D eigenvalue weighted by atomic mass is 9.80. The third kappa shape index (κ3) is 5.51. The van der Waals surface area contributed by atoms with E-state index < -0.39 is 17.4 Å². The second-order valence-electron chi connectivity index (χ2n) is 5.04. The highest BCUT2D eigenvalue weighted by Gasteiger charge is 2.46. The maximum atomic E-state index is 12.2. The van der Waals surface area contributed by atoms with Gasteiger partial charge < -0.3 is 9.47 Å². The Kier molecular flexibility index (Phi) is 10.1. The lowest BCUT2D eigenvalue weighted by molar-refractivity contribution is -0.173. The van der Waals surface area contributed by atoms with E-state index in [2.05, 4.69) is 6.92 Å². The maximum absolute atomic E-state index is 12.2. The summed E-state index contributed by atoms with van der Waals surface area (Å²) in [6.45, 7) is 8.09. The highest BCUT2D eigenvalue weighted by atomic mass is 16.6. The molecule has 0 unspecified atom stereocenters. The standard InChI is InChI=1S/C16H30O4/c1-5-9-10-11-12-13-16(6-2,14(17)19-7-3)15(18)20-8-4/h5-13H2,1-4H3. The van der Waals surface area contributed by atoms with Crippen LogP contribution in [0.25, 0.3) is 0 Å². The van der Waals surface area contributed by atoms with E-state index in [0.717, 1.165) is 19.3 Å². The van der Waals surface area contributed by atoms with E-state index >= 15 is 0 Å². The molecule has 0 radical (unpaired) electrons. The molecule has 0 fully saturated rings. The van der Waals surface area contributed by atoms with E-state index in [4.69, 9.17) is 9.47 Å². The van der Waals surface area contributed by atoms with Gasteiger partial charge in [0.25, 0.3) is 0 Å². The number of carbonyl (C=O) groups is 2. The minimum atomic E-state index is -1.11. The zero-order valence-corrected chi connectivity index (χ0v) is 13.5. The Labute approximate surface area is 123 Å². The number of hydrogen-bond acceptors (Lipinski definition) is 4. The van der Waals surface area contributed by atoms with Crippen LogP contribution in [0.4, 0.5) is 0 Å². The largest absolute Gasteiger partial charge is 0.465 e. The molecule has 0 aliphatic heterocycles. The van der Waals surface area contributed by atoms with Crippen LogP contribution in [0.1, 0.15) is 72.6 Å². The normalized spacial score (nSPS) is 11.2. The molecule has 0 bridgehead atoms. The summed E-state index contributed by atoms with van der Waals surface area (Å²) in [5.74, 6) is -0.868. The molecule has 0 rings (SSSR count). The predicted molar refractivity (Wildman–Crippen MR) is 79.4 cm³/mol. The van der Waals surface area contributed by atoms with E-state index in [1.165, 1.54) is 12.8 Å². The smallest absolute Gasteiger partial charge is 0.323 e. The minimum absolute atomic E-state index is 0.288. The molecule has 0 aromatic heterocycles. The Balaban J connectivity index is 4.74. The van der Waals surface area contributed by atoms with E-state index in [0.29, 0.717) is 12.8 Å². The van der Waals surface area contributed by atoms with Crippen molar-refractivity contribution in [2.24, 2.45) is 5.41 Å². The van der Waals surface area contributed by atoms with E-state index in [1.807, 2.05) is 6.92 Å². The summed E-state index contributed by atoms with van der Waals surface area (Å²) in [6, 6.07) is 0. The second-order valence-corrected chi connectivity index (χ2v) is 5.04. The van der Waals surface area contributed by atoms with Crippen LogP contribution in [0, 0.1) is 5.41 Å². The van der Waals surface area contributed by atoms with Gasteiger partial charge in [0.2, 0.25) is 0 Å². The Morgan fingerprint density at radius 2 is 1.30 bits per heavy atom. The van der Waals surface area contributed by atoms with Gasteiger partial charge in [-0.1, -0.05) is 46.0 Å². The highest BCUT2D eigenvalue weighted by molar-refractivity contribution is 6.00. The topological polar surface area (TPSA) is 52.6 Å². The van der Waals surface area contributed by atoms with Gasteiger partial charge in [-0.25, -0.2) is 0 Å². The van der Waals surface area contributed by atoms with Crippen LogP contribution in [-0.2, 0) is 19.1 Å². The van der Waals surface area contributed by atoms with Crippen molar-refractivity contribution in [3.8, 4) is 0 Å². The van der Waals surface area contributed by atoms with Crippen LogP contribution in [0.3, 0.4) is 0 Å². The molecule has 0 saturated carbocycles. The van der Waals surface area contributed by atoms with Gasteiger partial charge in [0.05, 0.1) is 13.2 Å². The molecule has 4 nitrogen and oxygen atoms in total. The molecule has 0 aliphatic rings. The predicted octanol–water partition coefficient (Wildman–Crippen LogP) is 3.87. The first-order valence-electron chi connectivity index (χ1n) is 7.93. The Hall–Kier alpha value is -1.06. The van der Waals surface area contributed by atoms with Crippen LogP contribution >= 0.6 is 0 Å². The molecular weight excluding hydrogens is 256 g/mol. The fourth-order valence-electron chi connectivity index (χ4n) is 2.32. The molecule has 0 N–H and O–H groups in total. The zero-order chi connectivity index (χ0) is 15.4. The number of unbranched alkanes of at least 4 members (excludes halogenated alkanes) is 4. The molecule has 0 heterocycles. The van der Waals surface area contributed by atoms with Crippen molar-refractivity contribution in [3.05, 3.63) is 0 Å². The van der Waals surface area contributed by atoms with Crippen LogP contribution in [0.5, 0.6) is 0 Å². The van der Waals surface area contributed by atoms with Crippen molar-refractivity contribution in [1.29, 1.82) is 0 Å². The van der Waals surface area contributed by atoms with Gasteiger partial charge >= 0.3 is 11.9 Å².